The molecule has 0 amide bonds. The van der Waals surface area contributed by atoms with Gasteiger partial charge in [-0.3, -0.25) is 0 Å². The fraction of sp³-hybridized carbons (Fsp3) is 0.600. The molecule has 0 aromatic heterocycles. The van der Waals surface area contributed by atoms with Crippen LogP contribution in [0.25, 0.3) is 0 Å². The zero-order valence-electron chi connectivity index (χ0n) is 11.4. The van der Waals surface area contributed by atoms with Gasteiger partial charge in [0.25, 0.3) is 0 Å². The molecule has 96 valence electrons. The van der Waals surface area contributed by atoms with E-state index in [1.165, 1.54) is 5.56 Å². The van der Waals surface area contributed by atoms with Crippen molar-refractivity contribution in [2.45, 2.75) is 32.7 Å². The van der Waals surface area contributed by atoms with Crippen LogP contribution in [0.5, 0.6) is 0 Å². The Morgan fingerprint density at radius 1 is 1.12 bits per heavy atom. The summed E-state index contributed by atoms with van der Waals surface area (Å²) in [4.78, 5) is 2.37. The SMILES string of the molecule is CC(C)[C@@H](N)CCN(C)CCc1ccccc1. The summed E-state index contributed by atoms with van der Waals surface area (Å²) in [5.41, 5.74) is 7.46. The van der Waals surface area contributed by atoms with Crippen LogP contribution in [0, 0.1) is 5.92 Å². The van der Waals surface area contributed by atoms with Crippen molar-refractivity contribution in [3.05, 3.63) is 35.9 Å². The van der Waals surface area contributed by atoms with Crippen LogP contribution in [0.3, 0.4) is 0 Å². The molecule has 0 saturated heterocycles. The number of benzene rings is 1. The van der Waals surface area contributed by atoms with E-state index >= 15 is 0 Å². The predicted molar refractivity (Wildman–Crippen MR) is 75.1 cm³/mol. The lowest BCUT2D eigenvalue weighted by atomic mass is 10.0. The van der Waals surface area contributed by atoms with Crippen molar-refractivity contribution in [3.63, 3.8) is 0 Å². The van der Waals surface area contributed by atoms with Gasteiger partial charge in [0.15, 0.2) is 0 Å². The second kappa shape index (κ2) is 7.46. The Labute approximate surface area is 106 Å². The topological polar surface area (TPSA) is 29.3 Å². The molecule has 1 rings (SSSR count). The number of nitrogens with zero attached hydrogens (tertiary/aromatic N) is 1. The zero-order valence-corrected chi connectivity index (χ0v) is 11.4. The Hall–Kier alpha value is -0.860. The molecule has 0 fully saturated rings. The van der Waals surface area contributed by atoms with E-state index in [-0.39, 0.29) is 0 Å². The first kappa shape index (κ1) is 14.2. The third-order valence-corrected chi connectivity index (χ3v) is 3.33. The zero-order chi connectivity index (χ0) is 12.7. The molecule has 0 saturated carbocycles. The summed E-state index contributed by atoms with van der Waals surface area (Å²) in [5.74, 6) is 0.581. The monoisotopic (exact) mass is 234 g/mol. The largest absolute Gasteiger partial charge is 0.327 e. The average Bonchev–Trinajstić information content (AvgIpc) is 2.34. The molecule has 1 aromatic carbocycles. The quantitative estimate of drug-likeness (QED) is 0.785. The number of hydrogen-bond acceptors (Lipinski definition) is 2. The molecule has 1 aromatic rings. The minimum absolute atomic E-state index is 0.328. The Bertz CT molecular complexity index is 295. The number of rotatable bonds is 7. The lowest BCUT2D eigenvalue weighted by molar-refractivity contribution is 0.306. The van der Waals surface area contributed by atoms with E-state index in [0.29, 0.717) is 12.0 Å². The molecule has 0 aliphatic carbocycles. The first-order chi connectivity index (χ1) is 8.09. The van der Waals surface area contributed by atoms with Crippen molar-refractivity contribution < 1.29 is 0 Å². The molecule has 0 aliphatic rings. The van der Waals surface area contributed by atoms with Gasteiger partial charge in [-0.1, -0.05) is 44.2 Å². The van der Waals surface area contributed by atoms with Gasteiger partial charge in [-0.25, -0.2) is 0 Å². The minimum atomic E-state index is 0.328. The summed E-state index contributed by atoms with van der Waals surface area (Å²) in [6, 6.07) is 11.0. The Morgan fingerprint density at radius 2 is 1.76 bits per heavy atom. The van der Waals surface area contributed by atoms with Gasteiger partial charge in [0.2, 0.25) is 0 Å². The van der Waals surface area contributed by atoms with Gasteiger partial charge < -0.3 is 10.6 Å². The van der Waals surface area contributed by atoms with Crippen LogP contribution in [-0.4, -0.2) is 31.1 Å². The molecular weight excluding hydrogens is 208 g/mol. The lowest BCUT2D eigenvalue weighted by Gasteiger charge is -2.21. The van der Waals surface area contributed by atoms with Crippen LogP contribution in [-0.2, 0) is 6.42 Å². The first-order valence-corrected chi connectivity index (χ1v) is 6.57. The van der Waals surface area contributed by atoms with Crippen molar-refractivity contribution >= 4 is 0 Å². The minimum Gasteiger partial charge on any atom is -0.327 e. The highest BCUT2D eigenvalue weighted by molar-refractivity contribution is 5.14. The lowest BCUT2D eigenvalue weighted by Crippen LogP contribution is -2.32. The van der Waals surface area contributed by atoms with E-state index < -0.39 is 0 Å². The second-order valence-electron chi connectivity index (χ2n) is 5.24. The van der Waals surface area contributed by atoms with E-state index in [4.69, 9.17) is 5.73 Å². The van der Waals surface area contributed by atoms with E-state index in [1.807, 2.05) is 0 Å². The first-order valence-electron chi connectivity index (χ1n) is 6.57. The van der Waals surface area contributed by atoms with Gasteiger partial charge in [0, 0.05) is 12.6 Å². The molecule has 0 radical (unpaired) electrons. The Balaban J connectivity index is 2.19. The fourth-order valence-electron chi connectivity index (χ4n) is 1.78. The second-order valence-corrected chi connectivity index (χ2v) is 5.24. The van der Waals surface area contributed by atoms with E-state index in [1.54, 1.807) is 0 Å². The average molecular weight is 234 g/mol. The maximum absolute atomic E-state index is 6.05. The van der Waals surface area contributed by atoms with Crippen LogP contribution < -0.4 is 5.73 Å². The normalized spacial score (nSPS) is 13.3. The smallest absolute Gasteiger partial charge is 0.00740 e. The van der Waals surface area contributed by atoms with Gasteiger partial charge in [-0.2, -0.15) is 0 Å². The molecule has 0 bridgehead atoms. The van der Waals surface area contributed by atoms with Gasteiger partial charge in [-0.05, 0) is 37.9 Å². The van der Waals surface area contributed by atoms with Crippen LogP contribution in [0.1, 0.15) is 25.8 Å². The highest BCUT2D eigenvalue weighted by Crippen LogP contribution is 2.05. The van der Waals surface area contributed by atoms with Crippen molar-refractivity contribution in [3.8, 4) is 0 Å². The summed E-state index contributed by atoms with van der Waals surface area (Å²) < 4.78 is 0. The van der Waals surface area contributed by atoms with Crippen molar-refractivity contribution in [1.82, 2.24) is 4.90 Å². The number of likely N-dealkylation sites (N-methyl/N-ethyl adjacent to an activating group) is 1. The molecule has 0 unspecified atom stereocenters. The van der Waals surface area contributed by atoms with Crippen LogP contribution >= 0.6 is 0 Å². The molecule has 17 heavy (non-hydrogen) atoms. The highest BCUT2D eigenvalue weighted by Gasteiger charge is 2.08. The summed E-state index contributed by atoms with van der Waals surface area (Å²) >= 11 is 0. The maximum Gasteiger partial charge on any atom is 0.00740 e. The van der Waals surface area contributed by atoms with Crippen LogP contribution in [0.15, 0.2) is 30.3 Å². The summed E-state index contributed by atoms with van der Waals surface area (Å²) in [7, 11) is 2.18. The number of hydrogen-bond donors (Lipinski definition) is 1. The van der Waals surface area contributed by atoms with E-state index in [9.17, 15) is 0 Å². The van der Waals surface area contributed by atoms with Gasteiger partial charge >= 0.3 is 0 Å². The molecule has 0 aliphatic heterocycles. The van der Waals surface area contributed by atoms with Crippen molar-refractivity contribution in [2.75, 3.05) is 20.1 Å². The molecule has 2 heteroatoms. The standard InChI is InChI=1S/C15H26N2/c1-13(2)15(16)10-12-17(3)11-9-14-7-5-4-6-8-14/h4-8,13,15H,9-12,16H2,1-3H3/t15-/m0/s1. The van der Waals surface area contributed by atoms with Gasteiger partial charge in [0.1, 0.15) is 0 Å². The molecule has 2 nitrogen and oxygen atoms in total. The maximum atomic E-state index is 6.05. The third-order valence-electron chi connectivity index (χ3n) is 3.33. The molecule has 0 spiro atoms. The Morgan fingerprint density at radius 3 is 2.35 bits per heavy atom. The highest BCUT2D eigenvalue weighted by atomic mass is 15.1. The van der Waals surface area contributed by atoms with Gasteiger partial charge in [0.05, 0.1) is 0 Å². The Kier molecular flexibility index (Phi) is 6.23. The molecule has 2 N–H and O–H groups in total. The summed E-state index contributed by atoms with van der Waals surface area (Å²) in [6.45, 7) is 6.57. The van der Waals surface area contributed by atoms with E-state index in [0.717, 1.165) is 25.9 Å². The molecule has 0 heterocycles. The third kappa shape index (κ3) is 5.85. The summed E-state index contributed by atoms with van der Waals surface area (Å²) in [5, 5.41) is 0. The summed E-state index contributed by atoms with van der Waals surface area (Å²) in [6.07, 6.45) is 2.21. The van der Waals surface area contributed by atoms with Crippen molar-refractivity contribution in [1.29, 1.82) is 0 Å². The predicted octanol–water partition coefficient (Wildman–Crippen LogP) is 2.53. The molecule has 1 atom stereocenters. The van der Waals surface area contributed by atoms with Crippen molar-refractivity contribution in [2.24, 2.45) is 11.7 Å². The van der Waals surface area contributed by atoms with Crippen LogP contribution in [0.4, 0.5) is 0 Å². The van der Waals surface area contributed by atoms with E-state index in [2.05, 4.69) is 56.1 Å². The van der Waals surface area contributed by atoms with Crippen LogP contribution in [0.2, 0.25) is 0 Å². The number of nitrogens with two attached hydrogens (primary N) is 1. The fourth-order valence-corrected chi connectivity index (χ4v) is 1.78. The molecular formula is C15H26N2. The van der Waals surface area contributed by atoms with Gasteiger partial charge in [-0.15, -0.1) is 0 Å².